The third kappa shape index (κ3) is 40.9. The molecule has 0 saturated carbocycles. The van der Waals surface area contributed by atoms with Crippen molar-refractivity contribution in [2.45, 2.75) is 0 Å². The minimum absolute atomic E-state index is 0. The van der Waals surface area contributed by atoms with Gasteiger partial charge < -0.3 is 14.7 Å². The van der Waals surface area contributed by atoms with E-state index in [1.165, 1.54) is 0 Å². The van der Waals surface area contributed by atoms with E-state index in [4.69, 9.17) is 14.7 Å². The molecule has 3 N–H and O–H groups in total. The third-order valence-corrected chi connectivity index (χ3v) is 0. The first kappa shape index (κ1) is 15.7. The molecule has 0 heterocycles. The molecule has 0 atom stereocenters. The fraction of sp³-hybridized carbons (Fsp3) is 0. The maximum atomic E-state index is 7.23. The van der Waals surface area contributed by atoms with Crippen molar-refractivity contribution in [3.05, 3.63) is 0 Å². The van der Waals surface area contributed by atoms with Crippen LogP contribution < -0.4 is 0 Å². The summed E-state index contributed by atoms with van der Waals surface area (Å²) >= 11 is 0. The number of hydrogen-bond donors (Lipinski definition) is 3. The summed E-state index contributed by atoms with van der Waals surface area (Å²) in [5.74, 6) is 0. The van der Waals surface area contributed by atoms with Gasteiger partial charge in [0.25, 0.3) is 0 Å². The van der Waals surface area contributed by atoms with Gasteiger partial charge >= 0.3 is 54.2 Å². The average molecular weight is 273 g/mol. The average Bonchev–Trinajstić information content (AvgIpc) is 0.811. The monoisotopic (exact) mass is 272 g/mol. The molecule has 0 saturated heterocycles. The molecule has 0 aliphatic carbocycles. The fourth-order valence-corrected chi connectivity index (χ4v) is 0. The molecule has 0 aromatic carbocycles. The normalized spacial score (nSPS) is 6.00. The quantitative estimate of drug-likeness (QED) is 0.322. The number of rotatable bonds is 0. The van der Waals surface area contributed by atoms with E-state index in [1.54, 1.807) is 0 Å². The van der Waals surface area contributed by atoms with Crippen LogP contribution >= 0.6 is 8.60 Å². The van der Waals surface area contributed by atoms with E-state index >= 15 is 0 Å². The first-order valence-electron chi connectivity index (χ1n) is 0.600. The van der Waals surface area contributed by atoms with Crippen LogP contribution in [-0.4, -0.2) is 60.3 Å². The van der Waals surface area contributed by atoms with Gasteiger partial charge in [0.2, 0.25) is 0 Å². The van der Waals surface area contributed by atoms with Gasteiger partial charge in [-0.1, -0.05) is 0 Å². The van der Waals surface area contributed by atoms with E-state index in [-0.39, 0.29) is 45.6 Å². The van der Waals surface area contributed by atoms with E-state index in [0.717, 1.165) is 0 Å². The zero-order valence-corrected chi connectivity index (χ0v) is 2.68. The van der Waals surface area contributed by atoms with Gasteiger partial charge in [-0.2, -0.15) is 0 Å². The Labute approximate surface area is 68.6 Å². The Bertz CT molecular complexity index is 15.5. The Morgan fingerprint density at radius 1 is 1.00 bits per heavy atom. The standard InChI is InChI=1S/Ga.In.H3O3P.6H/c;;1-4(2)3;;;;;;/h;;1-3H;;;;;;. The fourth-order valence-electron chi connectivity index (χ4n) is 0. The van der Waals surface area contributed by atoms with Crippen molar-refractivity contribution >= 4 is 54.2 Å². The molecule has 0 spiro atoms. The molecule has 0 aromatic rings. The van der Waals surface area contributed by atoms with Gasteiger partial charge in [-0.25, -0.2) is 0 Å². The van der Waals surface area contributed by atoms with Crippen LogP contribution in [0.5, 0.6) is 0 Å². The summed E-state index contributed by atoms with van der Waals surface area (Å²) in [7, 11) is -2.62. The Morgan fingerprint density at radius 2 is 1.00 bits per heavy atom. The predicted molar refractivity (Wildman–Crippen MR) is 33.5 cm³/mol. The van der Waals surface area contributed by atoms with Crippen molar-refractivity contribution < 1.29 is 14.7 Å². The van der Waals surface area contributed by atoms with Gasteiger partial charge in [-0.05, 0) is 0 Å². The third-order valence-electron chi connectivity index (χ3n) is 0. The van der Waals surface area contributed by atoms with Gasteiger partial charge in [-0.3, -0.25) is 0 Å². The summed E-state index contributed by atoms with van der Waals surface area (Å²) in [6, 6.07) is 0. The summed E-state index contributed by atoms with van der Waals surface area (Å²) in [6.45, 7) is 0. The summed E-state index contributed by atoms with van der Waals surface area (Å²) < 4.78 is 0. The Balaban J connectivity index is -0.0000000450. The molecule has 0 aromatic heterocycles. The Kier molecular flexibility index (Phi) is 25.9. The summed E-state index contributed by atoms with van der Waals surface area (Å²) in [6.07, 6.45) is 0. The summed E-state index contributed by atoms with van der Waals surface area (Å²) in [5, 5.41) is 0. The molecule has 0 radical (unpaired) electrons. The van der Waals surface area contributed by atoms with Gasteiger partial charge in [-0.15, -0.1) is 0 Å². The van der Waals surface area contributed by atoms with Crippen LogP contribution in [0.25, 0.3) is 0 Å². The first-order valence-corrected chi connectivity index (χ1v) is 1.80. The van der Waals surface area contributed by atoms with Crippen LogP contribution in [0.1, 0.15) is 0 Å². The topological polar surface area (TPSA) is 60.7 Å². The zero-order chi connectivity index (χ0) is 3.58. The molecule has 6 heteroatoms. The van der Waals surface area contributed by atoms with E-state index in [1.807, 2.05) is 0 Å². The minimum atomic E-state index is -2.62. The molecule has 38 valence electrons. The second-order valence-corrected chi connectivity index (χ2v) is 0.805. The van der Waals surface area contributed by atoms with E-state index < -0.39 is 8.60 Å². The molecule has 0 aliphatic rings. The van der Waals surface area contributed by atoms with Crippen LogP contribution in [0.4, 0.5) is 0 Å². The van der Waals surface area contributed by atoms with Crippen molar-refractivity contribution in [2.75, 3.05) is 0 Å². The zero-order valence-electron chi connectivity index (χ0n) is 1.79. The molecule has 0 bridgehead atoms. The Morgan fingerprint density at radius 3 is 1.00 bits per heavy atom. The van der Waals surface area contributed by atoms with E-state index in [2.05, 4.69) is 0 Å². The second-order valence-electron chi connectivity index (χ2n) is 0.268. The van der Waals surface area contributed by atoms with Crippen molar-refractivity contribution in [1.82, 2.24) is 0 Å². The van der Waals surface area contributed by atoms with E-state index in [9.17, 15) is 0 Å². The van der Waals surface area contributed by atoms with Crippen molar-refractivity contribution in [3.8, 4) is 0 Å². The van der Waals surface area contributed by atoms with Crippen molar-refractivity contribution in [1.29, 1.82) is 0 Å². The van der Waals surface area contributed by atoms with Crippen LogP contribution in [0.2, 0.25) is 0 Å². The molecule has 3 nitrogen and oxygen atoms in total. The summed E-state index contributed by atoms with van der Waals surface area (Å²) in [5.41, 5.74) is 0. The van der Waals surface area contributed by atoms with Crippen LogP contribution in [0.15, 0.2) is 0 Å². The summed E-state index contributed by atoms with van der Waals surface area (Å²) in [4.78, 5) is 21.7. The molecule has 0 aliphatic heterocycles. The molecular weight excluding hydrogens is 264 g/mol. The molecule has 0 amide bonds. The van der Waals surface area contributed by atoms with Crippen LogP contribution in [0, 0.1) is 0 Å². The van der Waals surface area contributed by atoms with E-state index in [0.29, 0.717) is 0 Å². The Hall–Kier alpha value is 1.82. The van der Waals surface area contributed by atoms with Crippen LogP contribution in [-0.2, 0) is 0 Å². The molecule has 0 unspecified atom stereocenters. The van der Waals surface area contributed by atoms with Gasteiger partial charge in [0, 0.05) is 0 Å². The van der Waals surface area contributed by atoms with Gasteiger partial charge in [0.05, 0.1) is 0 Å². The predicted octanol–water partition coefficient (Wildman–Crippen LogP) is -3.18. The van der Waals surface area contributed by atoms with Crippen LogP contribution in [0.3, 0.4) is 0 Å². The van der Waals surface area contributed by atoms with Gasteiger partial charge in [0.1, 0.15) is 0 Å². The molecule has 0 fully saturated rings. The molecule has 6 heavy (non-hydrogen) atoms. The molecule has 0 rings (SSSR count). The van der Waals surface area contributed by atoms with Gasteiger partial charge in [0.15, 0.2) is 0 Å². The molecular formula is H9GaInO3P. The van der Waals surface area contributed by atoms with Crippen molar-refractivity contribution in [2.24, 2.45) is 0 Å². The number of hydrogen-bond acceptors (Lipinski definition) is 3. The van der Waals surface area contributed by atoms with Crippen molar-refractivity contribution in [3.63, 3.8) is 0 Å². The second kappa shape index (κ2) is 9.94. The first-order chi connectivity index (χ1) is 1.73. The maximum absolute atomic E-state index is 7.23. The SMILES string of the molecule is OP(O)O.[GaH3].[InH3].